The van der Waals surface area contributed by atoms with Gasteiger partial charge in [-0.25, -0.2) is 0 Å². The Morgan fingerprint density at radius 1 is 0.969 bits per heavy atom. The number of nitrogens with zero attached hydrogens (tertiary/aromatic N) is 1. The maximum atomic E-state index is 13.6. The zero-order valence-electron chi connectivity index (χ0n) is 16.2. The number of hydrogen-bond donors (Lipinski definition) is 2. The number of amides is 3. The second-order valence-corrected chi connectivity index (χ2v) is 7.43. The first-order valence-electron chi connectivity index (χ1n) is 9.58. The molecule has 0 spiro atoms. The smallest absolute Gasteiger partial charge is 0.340 e. The molecule has 0 aliphatic carbocycles. The number of carbonyl (C=O) groups is 3. The van der Waals surface area contributed by atoms with Gasteiger partial charge in [0.1, 0.15) is 12.0 Å². The summed E-state index contributed by atoms with van der Waals surface area (Å²) in [5.41, 5.74) is 2.18. The number of benzene rings is 2. The van der Waals surface area contributed by atoms with E-state index in [-0.39, 0.29) is 0 Å². The lowest BCUT2D eigenvalue weighted by molar-refractivity contribution is -0.331. The summed E-state index contributed by atoms with van der Waals surface area (Å²) < 4.78 is 65.2. The molecule has 4 rings (SSSR count). The molecule has 32 heavy (non-hydrogen) atoms. The molecule has 1 fully saturated rings. The molecule has 0 saturated carbocycles. The molecule has 2 atom stereocenters. The number of rotatable bonds is 3. The van der Waals surface area contributed by atoms with Crippen molar-refractivity contribution >= 4 is 23.4 Å². The van der Waals surface area contributed by atoms with Crippen molar-refractivity contribution in [1.82, 2.24) is 10.2 Å². The van der Waals surface area contributed by atoms with E-state index >= 15 is 0 Å². The van der Waals surface area contributed by atoms with E-state index in [4.69, 9.17) is 0 Å². The van der Waals surface area contributed by atoms with E-state index in [9.17, 15) is 36.3 Å². The van der Waals surface area contributed by atoms with Gasteiger partial charge in [0.15, 0.2) is 0 Å². The fourth-order valence-corrected chi connectivity index (χ4v) is 3.91. The van der Waals surface area contributed by atoms with Gasteiger partial charge in [-0.15, -0.1) is 0 Å². The summed E-state index contributed by atoms with van der Waals surface area (Å²) in [5.74, 6) is -5.15. The average Bonchev–Trinajstić information content (AvgIpc) is 3.08. The maximum Gasteiger partial charge on any atom is 0.475 e. The number of para-hydroxylation sites is 1. The SMILES string of the molecule is O=C(N[C@@H]1C(=O)Nc2ccccc2-c2ccccc21)C1CCN(C(F)(F)C(F)(F)F)C1=O. The second kappa shape index (κ2) is 7.57. The number of fused-ring (bicyclic) bond motifs is 3. The molecular weight excluding hydrogens is 437 g/mol. The third-order valence-electron chi connectivity index (χ3n) is 5.50. The Balaban J connectivity index is 1.60. The summed E-state index contributed by atoms with van der Waals surface area (Å²) in [6.07, 6.45) is -6.51. The third-order valence-corrected chi connectivity index (χ3v) is 5.50. The van der Waals surface area contributed by atoms with Crippen molar-refractivity contribution in [3.05, 3.63) is 54.1 Å². The molecule has 2 N–H and O–H groups in total. The molecule has 2 aliphatic rings. The van der Waals surface area contributed by atoms with Crippen LogP contribution in [0, 0.1) is 5.92 Å². The van der Waals surface area contributed by atoms with Crippen LogP contribution in [0.3, 0.4) is 0 Å². The van der Waals surface area contributed by atoms with E-state index in [1.165, 1.54) is 0 Å². The molecular formula is C21H16F5N3O3. The van der Waals surface area contributed by atoms with Gasteiger partial charge in [0.05, 0.1) is 0 Å². The van der Waals surface area contributed by atoms with Crippen molar-refractivity contribution in [1.29, 1.82) is 0 Å². The topological polar surface area (TPSA) is 78.5 Å². The summed E-state index contributed by atoms with van der Waals surface area (Å²) in [7, 11) is 0. The van der Waals surface area contributed by atoms with E-state index in [0.717, 1.165) is 0 Å². The van der Waals surface area contributed by atoms with Crippen molar-refractivity contribution in [3.8, 4) is 11.1 Å². The molecule has 1 saturated heterocycles. The monoisotopic (exact) mass is 453 g/mol. The van der Waals surface area contributed by atoms with Crippen LogP contribution in [0.1, 0.15) is 18.0 Å². The van der Waals surface area contributed by atoms with E-state index in [1.807, 2.05) is 0 Å². The van der Waals surface area contributed by atoms with E-state index in [2.05, 4.69) is 10.6 Å². The fourth-order valence-electron chi connectivity index (χ4n) is 3.91. The number of anilines is 1. The molecule has 2 aromatic rings. The Morgan fingerprint density at radius 2 is 1.59 bits per heavy atom. The molecule has 2 heterocycles. The van der Waals surface area contributed by atoms with Gasteiger partial charge in [-0.3, -0.25) is 19.3 Å². The summed E-state index contributed by atoms with van der Waals surface area (Å²) in [6, 6.07) is 6.86. The van der Waals surface area contributed by atoms with Crippen LogP contribution in [0.5, 0.6) is 0 Å². The predicted octanol–water partition coefficient (Wildman–Crippen LogP) is 3.47. The largest absolute Gasteiger partial charge is 0.475 e. The molecule has 0 aromatic heterocycles. The number of carbonyl (C=O) groups excluding carboxylic acids is 3. The van der Waals surface area contributed by atoms with Crippen molar-refractivity contribution < 1.29 is 36.3 Å². The van der Waals surface area contributed by atoms with Gasteiger partial charge < -0.3 is 10.6 Å². The minimum Gasteiger partial charge on any atom is -0.340 e. The summed E-state index contributed by atoms with van der Waals surface area (Å²) >= 11 is 0. The number of nitrogens with one attached hydrogen (secondary N) is 2. The molecule has 11 heteroatoms. The van der Waals surface area contributed by atoms with Crippen LogP contribution in [-0.2, 0) is 14.4 Å². The molecule has 2 aromatic carbocycles. The van der Waals surface area contributed by atoms with Crippen LogP contribution in [-0.4, -0.2) is 41.4 Å². The van der Waals surface area contributed by atoms with Crippen LogP contribution in [0.15, 0.2) is 48.5 Å². The van der Waals surface area contributed by atoms with E-state index in [1.54, 1.807) is 48.5 Å². The third kappa shape index (κ3) is 3.47. The summed E-state index contributed by atoms with van der Waals surface area (Å²) in [4.78, 5) is 37.2. The van der Waals surface area contributed by atoms with Gasteiger partial charge in [0, 0.05) is 17.8 Å². The van der Waals surface area contributed by atoms with Crippen LogP contribution in [0.25, 0.3) is 11.1 Å². The van der Waals surface area contributed by atoms with Crippen LogP contribution < -0.4 is 10.6 Å². The molecule has 168 valence electrons. The van der Waals surface area contributed by atoms with Gasteiger partial charge in [0.2, 0.25) is 11.8 Å². The van der Waals surface area contributed by atoms with Gasteiger partial charge in [-0.2, -0.15) is 22.0 Å². The van der Waals surface area contributed by atoms with Crippen LogP contribution in [0.4, 0.5) is 27.6 Å². The first-order valence-corrected chi connectivity index (χ1v) is 9.58. The highest BCUT2D eigenvalue weighted by atomic mass is 19.4. The Kier molecular flexibility index (Phi) is 5.14. The first-order chi connectivity index (χ1) is 15.0. The van der Waals surface area contributed by atoms with Gasteiger partial charge in [0.25, 0.3) is 5.91 Å². The molecule has 6 nitrogen and oxygen atoms in total. The second-order valence-electron chi connectivity index (χ2n) is 7.43. The first kappa shape index (κ1) is 21.7. The molecule has 0 bridgehead atoms. The highest BCUT2D eigenvalue weighted by Gasteiger charge is 2.65. The molecule has 1 unspecified atom stereocenters. The van der Waals surface area contributed by atoms with Crippen LogP contribution in [0.2, 0.25) is 0 Å². The Labute approximate surface area is 178 Å². The van der Waals surface area contributed by atoms with Crippen molar-refractivity contribution in [2.75, 3.05) is 11.9 Å². The van der Waals surface area contributed by atoms with Gasteiger partial charge in [-0.05, 0) is 23.6 Å². The predicted molar refractivity (Wildman–Crippen MR) is 102 cm³/mol. The number of alkyl halides is 5. The maximum absolute atomic E-state index is 13.6. The fraction of sp³-hybridized carbons (Fsp3) is 0.286. The summed E-state index contributed by atoms with van der Waals surface area (Å²) in [5, 5.41) is 5.02. The minimum atomic E-state index is -5.97. The quantitative estimate of drug-likeness (QED) is 0.425. The zero-order chi connectivity index (χ0) is 23.3. The lowest BCUT2D eigenvalue weighted by atomic mass is 9.95. The number of hydrogen-bond acceptors (Lipinski definition) is 3. The van der Waals surface area contributed by atoms with Gasteiger partial charge in [-0.1, -0.05) is 42.5 Å². The number of halogens is 5. The lowest BCUT2D eigenvalue weighted by Gasteiger charge is -2.29. The normalized spacial score (nSPS) is 20.8. The zero-order valence-corrected chi connectivity index (χ0v) is 16.2. The Bertz CT molecular complexity index is 1100. The number of likely N-dealkylation sites (tertiary alicyclic amines) is 1. The van der Waals surface area contributed by atoms with E-state index in [0.29, 0.717) is 22.4 Å². The highest BCUT2D eigenvalue weighted by Crippen LogP contribution is 2.42. The molecule has 2 aliphatic heterocycles. The lowest BCUT2D eigenvalue weighted by Crippen LogP contribution is -2.54. The summed E-state index contributed by atoms with van der Waals surface area (Å²) in [6.45, 7) is -0.942. The average molecular weight is 453 g/mol. The highest BCUT2D eigenvalue weighted by molar-refractivity contribution is 6.07. The van der Waals surface area contributed by atoms with Crippen molar-refractivity contribution in [2.45, 2.75) is 24.7 Å². The van der Waals surface area contributed by atoms with Crippen LogP contribution >= 0.6 is 0 Å². The molecule has 3 amide bonds. The van der Waals surface area contributed by atoms with Gasteiger partial charge >= 0.3 is 12.2 Å². The molecule has 0 radical (unpaired) electrons. The Hall–Kier alpha value is -3.50. The minimum absolute atomic E-state index is 0.395. The van der Waals surface area contributed by atoms with Crippen molar-refractivity contribution in [3.63, 3.8) is 0 Å². The van der Waals surface area contributed by atoms with E-state index < -0.39 is 59.8 Å². The standard InChI is InChI=1S/C21H16F5N3O3/c22-20(23,24)21(25,26)29-10-9-14(19(29)32)17(30)28-16-13-7-2-1-5-11(13)12-6-3-4-8-15(12)27-18(16)31/h1-8,14,16H,9-10H2,(H,27,31)(H,28,30)/t14?,16-/m0/s1. The van der Waals surface area contributed by atoms with Crippen molar-refractivity contribution in [2.24, 2.45) is 5.92 Å². The Morgan fingerprint density at radius 3 is 2.28 bits per heavy atom.